The van der Waals surface area contributed by atoms with Crippen LogP contribution < -0.4 is 9.64 Å². The van der Waals surface area contributed by atoms with Crippen molar-refractivity contribution in [2.24, 2.45) is 0 Å². The Morgan fingerprint density at radius 3 is 2.60 bits per heavy atom. The summed E-state index contributed by atoms with van der Waals surface area (Å²) in [5, 5.41) is 9.23. The molecular weight excluding hydrogens is 254 g/mol. The van der Waals surface area contributed by atoms with E-state index in [0.717, 1.165) is 12.1 Å². The van der Waals surface area contributed by atoms with E-state index in [4.69, 9.17) is 4.74 Å². The van der Waals surface area contributed by atoms with Crippen molar-refractivity contribution in [1.29, 1.82) is 5.26 Å². The molecule has 1 aromatic rings. The summed E-state index contributed by atoms with van der Waals surface area (Å²) < 4.78 is 5.20. The van der Waals surface area contributed by atoms with Crippen molar-refractivity contribution in [3.63, 3.8) is 0 Å². The van der Waals surface area contributed by atoms with Crippen LogP contribution >= 0.6 is 0 Å². The smallest absolute Gasteiger partial charge is 0.241 e. The molecule has 0 aliphatic heterocycles. The van der Waals surface area contributed by atoms with Gasteiger partial charge in [-0.15, -0.1) is 0 Å². The van der Waals surface area contributed by atoms with Gasteiger partial charge in [0, 0.05) is 26.7 Å². The lowest BCUT2D eigenvalue weighted by Crippen LogP contribution is -2.37. The molecule has 0 heterocycles. The highest BCUT2D eigenvalue weighted by molar-refractivity contribution is 5.82. The second-order valence-electron chi connectivity index (χ2n) is 4.70. The monoisotopic (exact) mass is 275 g/mol. The lowest BCUT2D eigenvalue weighted by Gasteiger charge is -2.26. The third-order valence-electron chi connectivity index (χ3n) is 2.98. The van der Waals surface area contributed by atoms with E-state index in [1.807, 2.05) is 11.8 Å². The number of hydrogen-bond donors (Lipinski definition) is 0. The summed E-state index contributed by atoms with van der Waals surface area (Å²) in [7, 11) is 5.03. The van der Waals surface area contributed by atoms with Crippen molar-refractivity contribution in [1.82, 2.24) is 4.90 Å². The molecule has 5 heteroatoms. The third kappa shape index (κ3) is 3.89. The van der Waals surface area contributed by atoms with Gasteiger partial charge in [0.2, 0.25) is 5.91 Å². The molecule has 0 bridgehead atoms. The molecule has 0 fully saturated rings. The second kappa shape index (κ2) is 7.39. The van der Waals surface area contributed by atoms with Gasteiger partial charge in [-0.25, -0.2) is 0 Å². The fourth-order valence-corrected chi connectivity index (χ4v) is 1.85. The first-order valence-electron chi connectivity index (χ1n) is 6.56. The van der Waals surface area contributed by atoms with Crippen LogP contribution in [-0.4, -0.2) is 45.1 Å². The average Bonchev–Trinajstić information content (AvgIpc) is 2.45. The summed E-state index contributed by atoms with van der Waals surface area (Å²) >= 11 is 0. The molecule has 0 aliphatic rings. The first-order chi connectivity index (χ1) is 9.53. The fourth-order valence-electron chi connectivity index (χ4n) is 1.85. The molecule has 0 aliphatic carbocycles. The van der Waals surface area contributed by atoms with E-state index in [-0.39, 0.29) is 12.5 Å². The molecule has 0 radical (unpaired) electrons. The lowest BCUT2D eigenvalue weighted by molar-refractivity contribution is -0.127. The van der Waals surface area contributed by atoms with Gasteiger partial charge in [0.1, 0.15) is 11.8 Å². The number of benzene rings is 1. The summed E-state index contributed by atoms with van der Waals surface area (Å²) in [6.45, 7) is 3.00. The first kappa shape index (κ1) is 15.8. The predicted molar refractivity (Wildman–Crippen MR) is 78.9 cm³/mol. The molecule has 0 unspecified atom stereocenters. The van der Waals surface area contributed by atoms with Gasteiger partial charge in [-0.3, -0.25) is 4.79 Å². The van der Waals surface area contributed by atoms with Gasteiger partial charge in [-0.05, 0) is 18.6 Å². The molecule has 1 rings (SSSR count). The first-order valence-corrected chi connectivity index (χ1v) is 6.56. The van der Waals surface area contributed by atoms with E-state index < -0.39 is 0 Å². The molecule has 0 spiro atoms. The second-order valence-corrected chi connectivity index (χ2v) is 4.70. The highest BCUT2D eigenvalue weighted by Gasteiger charge is 2.16. The van der Waals surface area contributed by atoms with Crippen LogP contribution in [0.2, 0.25) is 0 Å². The lowest BCUT2D eigenvalue weighted by atomic mass is 10.1. The molecule has 0 saturated carbocycles. The minimum Gasteiger partial charge on any atom is -0.497 e. The number of hydrogen-bond acceptors (Lipinski definition) is 4. The van der Waals surface area contributed by atoms with E-state index in [2.05, 4.69) is 6.07 Å². The van der Waals surface area contributed by atoms with Crippen molar-refractivity contribution in [3.05, 3.63) is 23.8 Å². The van der Waals surface area contributed by atoms with Gasteiger partial charge < -0.3 is 14.5 Å². The Morgan fingerprint density at radius 2 is 2.10 bits per heavy atom. The Hall–Kier alpha value is -2.22. The van der Waals surface area contributed by atoms with Crippen molar-refractivity contribution in [3.8, 4) is 11.8 Å². The number of amides is 1. The summed E-state index contributed by atoms with van der Waals surface area (Å²) in [5.41, 5.74) is 1.29. The van der Waals surface area contributed by atoms with E-state index in [1.165, 1.54) is 0 Å². The van der Waals surface area contributed by atoms with Gasteiger partial charge in [0.05, 0.1) is 24.9 Å². The minimum atomic E-state index is 0.00478. The number of anilines is 1. The zero-order valence-corrected chi connectivity index (χ0v) is 12.5. The number of rotatable bonds is 6. The van der Waals surface area contributed by atoms with Crippen molar-refractivity contribution < 1.29 is 9.53 Å². The molecule has 5 nitrogen and oxygen atoms in total. The van der Waals surface area contributed by atoms with Gasteiger partial charge in [0.25, 0.3) is 0 Å². The molecule has 108 valence electrons. The molecule has 1 aromatic carbocycles. The quantitative estimate of drug-likeness (QED) is 0.795. The van der Waals surface area contributed by atoms with Crippen molar-refractivity contribution in [2.75, 3.05) is 39.2 Å². The Bertz CT molecular complexity index is 506. The van der Waals surface area contributed by atoms with Crippen LogP contribution in [0.5, 0.6) is 5.75 Å². The molecule has 0 N–H and O–H groups in total. The highest BCUT2D eigenvalue weighted by Crippen LogP contribution is 2.26. The van der Waals surface area contributed by atoms with Gasteiger partial charge in [0.15, 0.2) is 0 Å². The Kier molecular flexibility index (Phi) is 5.85. The average molecular weight is 275 g/mol. The standard InChI is InChI=1S/C15H21N3O2/c1-5-8-18(11-15(19)17(2)3)14-9-13(20-4)7-6-12(14)10-16/h6-7,9H,5,8,11H2,1-4H3. The number of carbonyl (C=O) groups excluding carboxylic acids is 1. The van der Waals surface area contributed by atoms with Gasteiger partial charge >= 0.3 is 0 Å². The summed E-state index contributed by atoms with van der Waals surface area (Å²) in [4.78, 5) is 15.4. The van der Waals surface area contributed by atoms with Crippen molar-refractivity contribution in [2.45, 2.75) is 13.3 Å². The highest BCUT2D eigenvalue weighted by atomic mass is 16.5. The predicted octanol–water partition coefficient (Wildman–Crippen LogP) is 1.87. The number of nitrogens with zero attached hydrogens (tertiary/aromatic N) is 3. The number of carbonyl (C=O) groups is 1. The van der Waals surface area contributed by atoms with Crippen LogP contribution in [-0.2, 0) is 4.79 Å². The van der Waals surface area contributed by atoms with Gasteiger partial charge in [-0.1, -0.05) is 6.92 Å². The maximum Gasteiger partial charge on any atom is 0.241 e. The van der Waals surface area contributed by atoms with Crippen LogP contribution in [0.3, 0.4) is 0 Å². The van der Waals surface area contributed by atoms with Crippen LogP contribution in [0.4, 0.5) is 5.69 Å². The number of likely N-dealkylation sites (N-methyl/N-ethyl adjacent to an activating group) is 1. The van der Waals surface area contributed by atoms with Crippen LogP contribution in [0.25, 0.3) is 0 Å². The topological polar surface area (TPSA) is 56.6 Å². The molecule has 0 atom stereocenters. The van der Waals surface area contributed by atoms with Crippen LogP contribution in [0.15, 0.2) is 18.2 Å². The molecule has 20 heavy (non-hydrogen) atoms. The SMILES string of the molecule is CCCN(CC(=O)N(C)C)c1cc(OC)ccc1C#N. The fraction of sp³-hybridized carbons (Fsp3) is 0.467. The third-order valence-corrected chi connectivity index (χ3v) is 2.98. The minimum absolute atomic E-state index is 0.00478. The van der Waals surface area contributed by atoms with E-state index in [0.29, 0.717) is 17.9 Å². The Labute approximate surface area is 120 Å². The zero-order chi connectivity index (χ0) is 15.1. The number of ether oxygens (including phenoxy) is 1. The summed E-state index contributed by atoms with van der Waals surface area (Å²) in [5.74, 6) is 0.683. The van der Waals surface area contributed by atoms with E-state index in [1.54, 1.807) is 44.3 Å². The van der Waals surface area contributed by atoms with Crippen molar-refractivity contribution >= 4 is 11.6 Å². The maximum absolute atomic E-state index is 11.9. The Balaban J connectivity index is 3.13. The summed E-state index contributed by atoms with van der Waals surface area (Å²) in [6.07, 6.45) is 0.892. The van der Waals surface area contributed by atoms with Crippen LogP contribution in [0, 0.1) is 11.3 Å². The maximum atomic E-state index is 11.9. The van der Waals surface area contributed by atoms with Gasteiger partial charge in [-0.2, -0.15) is 5.26 Å². The Morgan fingerprint density at radius 1 is 1.40 bits per heavy atom. The number of methoxy groups -OCH3 is 1. The molecule has 1 amide bonds. The van der Waals surface area contributed by atoms with E-state index in [9.17, 15) is 10.1 Å². The molecule has 0 saturated heterocycles. The largest absolute Gasteiger partial charge is 0.497 e. The summed E-state index contributed by atoms with van der Waals surface area (Å²) in [6, 6.07) is 7.44. The van der Waals surface area contributed by atoms with E-state index >= 15 is 0 Å². The van der Waals surface area contributed by atoms with Crippen LogP contribution in [0.1, 0.15) is 18.9 Å². The normalized spacial score (nSPS) is 9.75. The molecule has 0 aromatic heterocycles. The molecular formula is C15H21N3O2. The number of nitriles is 1. The zero-order valence-electron chi connectivity index (χ0n) is 12.5.